The molecule has 0 radical (unpaired) electrons. The fraction of sp³-hybridized carbons (Fsp3) is 0.500. The number of hydrogen-bond donors (Lipinski definition) is 0. The van der Waals surface area contributed by atoms with Crippen molar-refractivity contribution in [3.63, 3.8) is 0 Å². The Morgan fingerprint density at radius 3 is 2.84 bits per heavy atom. The van der Waals surface area contributed by atoms with Crippen LogP contribution in [0.2, 0.25) is 0 Å². The van der Waals surface area contributed by atoms with Crippen LogP contribution in [-0.2, 0) is 9.53 Å². The van der Waals surface area contributed by atoms with Crippen LogP contribution in [0.1, 0.15) is 0 Å². The van der Waals surface area contributed by atoms with E-state index in [4.69, 9.17) is 4.74 Å². The molecule has 0 spiro atoms. The summed E-state index contributed by atoms with van der Waals surface area (Å²) in [7, 11) is 0. The van der Waals surface area contributed by atoms with Crippen LogP contribution >= 0.6 is 11.8 Å². The summed E-state index contributed by atoms with van der Waals surface area (Å²) in [4.78, 5) is 17.8. The summed E-state index contributed by atoms with van der Waals surface area (Å²) in [5, 5.41) is 0. The van der Waals surface area contributed by atoms with Gasteiger partial charge in [-0.1, -0.05) is 12.1 Å². The highest BCUT2D eigenvalue weighted by molar-refractivity contribution is 7.99. The smallest absolute Gasteiger partial charge is 0.241 e. The number of benzene rings is 1. The van der Waals surface area contributed by atoms with E-state index in [1.54, 1.807) is 0 Å². The number of fused-ring (bicyclic) bond motifs is 1. The Balaban J connectivity index is 1.70. The largest absolute Gasteiger partial charge is 0.379 e. The van der Waals surface area contributed by atoms with Gasteiger partial charge in [0, 0.05) is 30.3 Å². The van der Waals surface area contributed by atoms with Gasteiger partial charge in [-0.2, -0.15) is 0 Å². The predicted molar refractivity (Wildman–Crippen MR) is 76.8 cm³/mol. The molecule has 2 aliphatic heterocycles. The van der Waals surface area contributed by atoms with E-state index >= 15 is 0 Å². The molecule has 1 amide bonds. The first-order valence-electron chi connectivity index (χ1n) is 6.67. The van der Waals surface area contributed by atoms with Crippen LogP contribution in [0.3, 0.4) is 0 Å². The third-order valence-corrected chi connectivity index (χ3v) is 4.54. The Morgan fingerprint density at radius 2 is 2.00 bits per heavy atom. The van der Waals surface area contributed by atoms with Gasteiger partial charge in [0.05, 0.1) is 25.4 Å². The molecular formula is C14H18N2O2S. The molecule has 3 rings (SSSR count). The van der Waals surface area contributed by atoms with Gasteiger partial charge in [0.25, 0.3) is 0 Å². The van der Waals surface area contributed by atoms with E-state index in [0.717, 1.165) is 44.3 Å². The molecule has 19 heavy (non-hydrogen) atoms. The summed E-state index contributed by atoms with van der Waals surface area (Å²) >= 11 is 1.83. The molecule has 102 valence electrons. The molecule has 4 nitrogen and oxygen atoms in total. The Kier molecular flexibility index (Phi) is 4.06. The number of carbonyl (C=O) groups is 1. The fourth-order valence-electron chi connectivity index (χ4n) is 2.46. The van der Waals surface area contributed by atoms with Gasteiger partial charge < -0.3 is 9.64 Å². The highest BCUT2D eigenvalue weighted by Crippen LogP contribution is 2.34. The maximum Gasteiger partial charge on any atom is 0.241 e. The minimum atomic E-state index is 0.203. The van der Waals surface area contributed by atoms with Crippen molar-refractivity contribution in [2.75, 3.05) is 50.0 Å². The Hall–Kier alpha value is -1.04. The molecule has 1 saturated heterocycles. The first-order valence-corrected chi connectivity index (χ1v) is 7.65. The molecule has 0 N–H and O–H groups in total. The van der Waals surface area contributed by atoms with Crippen LogP contribution in [-0.4, -0.2) is 56.0 Å². The van der Waals surface area contributed by atoms with Gasteiger partial charge in [0.2, 0.25) is 5.91 Å². The first-order chi connectivity index (χ1) is 9.34. The molecule has 0 aliphatic carbocycles. The van der Waals surface area contributed by atoms with Crippen molar-refractivity contribution in [2.45, 2.75) is 4.90 Å². The van der Waals surface area contributed by atoms with Crippen molar-refractivity contribution in [1.29, 1.82) is 0 Å². The number of para-hydroxylation sites is 1. The summed E-state index contributed by atoms with van der Waals surface area (Å²) in [6.45, 7) is 4.50. The summed E-state index contributed by atoms with van der Waals surface area (Å²) in [6.07, 6.45) is 0. The molecule has 5 heteroatoms. The highest BCUT2D eigenvalue weighted by atomic mass is 32.2. The molecule has 0 atom stereocenters. The molecular weight excluding hydrogens is 260 g/mol. The average Bonchev–Trinajstić information content (AvgIpc) is 2.47. The Morgan fingerprint density at radius 1 is 1.21 bits per heavy atom. The molecule has 0 saturated carbocycles. The van der Waals surface area contributed by atoms with Crippen LogP contribution in [0.15, 0.2) is 29.2 Å². The van der Waals surface area contributed by atoms with Crippen molar-refractivity contribution in [2.24, 2.45) is 0 Å². The van der Waals surface area contributed by atoms with E-state index in [1.165, 1.54) is 4.90 Å². The number of hydrogen-bond acceptors (Lipinski definition) is 4. The number of anilines is 1. The van der Waals surface area contributed by atoms with Gasteiger partial charge in [0.1, 0.15) is 0 Å². The van der Waals surface area contributed by atoms with E-state index in [9.17, 15) is 4.79 Å². The molecule has 1 aromatic carbocycles. The predicted octanol–water partition coefficient (Wildman–Crippen LogP) is 1.46. The molecule has 2 aliphatic rings. The van der Waals surface area contributed by atoms with E-state index in [2.05, 4.69) is 11.0 Å². The molecule has 0 unspecified atom stereocenters. The second-order valence-corrected chi connectivity index (χ2v) is 5.89. The third kappa shape index (κ3) is 2.94. The van der Waals surface area contributed by atoms with Gasteiger partial charge in [-0.15, -0.1) is 11.8 Å². The lowest BCUT2D eigenvalue weighted by Crippen LogP contribution is -2.46. The van der Waals surface area contributed by atoms with E-state index in [1.807, 2.05) is 34.9 Å². The number of rotatable bonds is 2. The second-order valence-electron chi connectivity index (χ2n) is 4.75. The molecule has 1 fully saturated rings. The van der Waals surface area contributed by atoms with Crippen molar-refractivity contribution < 1.29 is 9.53 Å². The van der Waals surface area contributed by atoms with Gasteiger partial charge in [0.15, 0.2) is 0 Å². The first kappa shape index (κ1) is 13.0. The van der Waals surface area contributed by atoms with Gasteiger partial charge >= 0.3 is 0 Å². The molecule has 1 aromatic rings. The molecule has 0 bridgehead atoms. The second kappa shape index (κ2) is 5.94. The Bertz CT molecular complexity index is 461. The van der Waals surface area contributed by atoms with E-state index in [0.29, 0.717) is 6.54 Å². The SMILES string of the molecule is O=C(CN1CCOCC1)N1CCSc2ccccc21. The van der Waals surface area contributed by atoms with Crippen molar-refractivity contribution >= 4 is 23.4 Å². The van der Waals surface area contributed by atoms with Crippen LogP contribution in [0, 0.1) is 0 Å². The molecule has 2 heterocycles. The number of nitrogens with zero attached hydrogens (tertiary/aromatic N) is 2. The van der Waals surface area contributed by atoms with Gasteiger partial charge in [-0.3, -0.25) is 9.69 Å². The quantitative estimate of drug-likeness (QED) is 0.820. The van der Waals surface area contributed by atoms with Gasteiger partial charge in [-0.25, -0.2) is 0 Å². The Labute approximate surface area is 117 Å². The van der Waals surface area contributed by atoms with Crippen LogP contribution < -0.4 is 4.90 Å². The van der Waals surface area contributed by atoms with Crippen LogP contribution in [0.4, 0.5) is 5.69 Å². The standard InChI is InChI=1S/C14H18N2O2S/c17-14(11-15-5-8-18-9-6-15)16-7-10-19-13-4-2-1-3-12(13)16/h1-4H,5-11H2. The number of thioether (sulfide) groups is 1. The summed E-state index contributed by atoms with van der Waals surface area (Å²) in [5.41, 5.74) is 1.07. The number of morpholine rings is 1. The van der Waals surface area contributed by atoms with Crippen molar-refractivity contribution in [3.8, 4) is 0 Å². The van der Waals surface area contributed by atoms with E-state index < -0.39 is 0 Å². The number of ether oxygens (including phenoxy) is 1. The highest BCUT2D eigenvalue weighted by Gasteiger charge is 2.24. The fourth-order valence-corrected chi connectivity index (χ4v) is 3.46. The average molecular weight is 278 g/mol. The lowest BCUT2D eigenvalue weighted by Gasteiger charge is -2.32. The molecule has 0 aromatic heterocycles. The number of amides is 1. The third-order valence-electron chi connectivity index (χ3n) is 3.49. The maximum absolute atomic E-state index is 12.5. The zero-order valence-electron chi connectivity index (χ0n) is 10.9. The van der Waals surface area contributed by atoms with E-state index in [-0.39, 0.29) is 5.91 Å². The summed E-state index contributed by atoms with van der Waals surface area (Å²) in [5.74, 6) is 1.18. The lowest BCUT2D eigenvalue weighted by molar-refractivity contribution is -0.120. The van der Waals surface area contributed by atoms with Crippen LogP contribution in [0.25, 0.3) is 0 Å². The number of carbonyl (C=O) groups excluding carboxylic acids is 1. The zero-order valence-corrected chi connectivity index (χ0v) is 11.7. The monoisotopic (exact) mass is 278 g/mol. The van der Waals surface area contributed by atoms with Gasteiger partial charge in [-0.05, 0) is 12.1 Å². The van der Waals surface area contributed by atoms with Crippen LogP contribution in [0.5, 0.6) is 0 Å². The van der Waals surface area contributed by atoms with Crippen molar-refractivity contribution in [3.05, 3.63) is 24.3 Å². The van der Waals surface area contributed by atoms with Crippen molar-refractivity contribution in [1.82, 2.24) is 4.90 Å². The minimum absolute atomic E-state index is 0.203. The maximum atomic E-state index is 12.5. The summed E-state index contributed by atoms with van der Waals surface area (Å²) in [6, 6.07) is 8.16. The topological polar surface area (TPSA) is 32.8 Å². The zero-order chi connectivity index (χ0) is 13.1. The summed E-state index contributed by atoms with van der Waals surface area (Å²) < 4.78 is 5.31. The minimum Gasteiger partial charge on any atom is -0.379 e. The normalized spacial score (nSPS) is 20.1. The lowest BCUT2D eigenvalue weighted by atomic mass is 10.2.